The second-order valence-corrected chi connectivity index (χ2v) is 5.07. The number of ether oxygens (including phenoxy) is 1. The summed E-state index contributed by atoms with van der Waals surface area (Å²) >= 11 is 0. The Bertz CT molecular complexity index is 460. The average molecular weight is 241 g/mol. The molecule has 0 radical (unpaired) electrons. The van der Waals surface area contributed by atoms with Crippen LogP contribution in [0.1, 0.15) is 24.8 Å². The van der Waals surface area contributed by atoms with E-state index in [0.29, 0.717) is 18.7 Å². The van der Waals surface area contributed by atoms with Gasteiger partial charge < -0.3 is 10.1 Å². The van der Waals surface area contributed by atoms with Gasteiger partial charge in [-0.25, -0.2) is 0 Å². The van der Waals surface area contributed by atoms with E-state index in [-0.39, 0.29) is 0 Å². The van der Waals surface area contributed by atoms with Crippen molar-refractivity contribution in [2.45, 2.75) is 31.3 Å². The maximum Gasteiger partial charge on any atom is 0.119 e. The number of benzene rings is 1. The fourth-order valence-electron chi connectivity index (χ4n) is 2.85. The van der Waals surface area contributed by atoms with Gasteiger partial charge in [-0.05, 0) is 42.5 Å². The zero-order chi connectivity index (χ0) is 12.4. The Labute approximate surface area is 108 Å². The number of fused-ring (bicyclic) bond motifs is 2. The fourth-order valence-corrected chi connectivity index (χ4v) is 2.85. The maximum absolute atomic E-state index is 5.50. The Hall–Kier alpha value is -1.54. The van der Waals surface area contributed by atoms with E-state index in [0.717, 1.165) is 12.2 Å². The highest BCUT2D eigenvalue weighted by Gasteiger charge is 2.28. The van der Waals surface area contributed by atoms with Crippen molar-refractivity contribution in [2.24, 2.45) is 0 Å². The van der Waals surface area contributed by atoms with E-state index in [2.05, 4.69) is 30.1 Å². The van der Waals surface area contributed by atoms with Crippen LogP contribution in [0.4, 0.5) is 0 Å². The third-order valence-electron chi connectivity index (χ3n) is 3.74. The van der Waals surface area contributed by atoms with Gasteiger partial charge >= 0.3 is 0 Å². The van der Waals surface area contributed by atoms with Gasteiger partial charge in [-0.3, -0.25) is 0 Å². The largest absolute Gasteiger partial charge is 0.490 e. The lowest BCUT2D eigenvalue weighted by atomic mass is 9.96. The van der Waals surface area contributed by atoms with E-state index < -0.39 is 0 Å². The first kappa shape index (κ1) is 11.5. The molecule has 94 valence electrons. The molecule has 2 heterocycles. The highest BCUT2D eigenvalue weighted by Crippen LogP contribution is 2.32. The first-order valence-corrected chi connectivity index (χ1v) is 6.66. The van der Waals surface area contributed by atoms with E-state index in [1.165, 1.54) is 24.0 Å². The zero-order valence-electron chi connectivity index (χ0n) is 10.6. The molecule has 2 atom stereocenters. The minimum absolute atomic E-state index is 0.566. The quantitative estimate of drug-likeness (QED) is 0.818. The van der Waals surface area contributed by atoms with Crippen molar-refractivity contribution < 1.29 is 4.74 Å². The second-order valence-electron chi connectivity index (χ2n) is 5.07. The number of nitrogens with one attached hydrogen (secondary N) is 1. The van der Waals surface area contributed by atoms with Crippen LogP contribution in [0.2, 0.25) is 0 Å². The predicted molar refractivity (Wildman–Crippen MR) is 74.7 cm³/mol. The Morgan fingerprint density at radius 3 is 2.83 bits per heavy atom. The summed E-state index contributed by atoms with van der Waals surface area (Å²) in [4.78, 5) is 0. The summed E-state index contributed by atoms with van der Waals surface area (Å²) in [5.74, 6) is 0.913. The molecule has 1 fully saturated rings. The lowest BCUT2D eigenvalue weighted by molar-refractivity contribution is 0.363. The van der Waals surface area contributed by atoms with Crippen LogP contribution in [-0.2, 0) is 0 Å². The minimum Gasteiger partial charge on any atom is -0.490 e. The third kappa shape index (κ3) is 2.34. The molecule has 18 heavy (non-hydrogen) atoms. The molecule has 1 saturated heterocycles. The van der Waals surface area contributed by atoms with Gasteiger partial charge in [0.2, 0.25) is 0 Å². The maximum atomic E-state index is 5.50. The van der Waals surface area contributed by atoms with Crippen LogP contribution >= 0.6 is 0 Å². The van der Waals surface area contributed by atoms with Crippen molar-refractivity contribution in [1.29, 1.82) is 0 Å². The molecule has 2 aliphatic rings. The monoisotopic (exact) mass is 241 g/mol. The van der Waals surface area contributed by atoms with Crippen LogP contribution in [0, 0.1) is 0 Å². The van der Waals surface area contributed by atoms with Crippen LogP contribution < -0.4 is 10.1 Å². The van der Waals surface area contributed by atoms with Crippen molar-refractivity contribution in [3.63, 3.8) is 0 Å². The molecular weight excluding hydrogens is 222 g/mol. The lowest BCUT2D eigenvalue weighted by Gasteiger charge is -2.21. The molecule has 1 aromatic rings. The molecule has 0 spiro atoms. The molecule has 1 N–H and O–H groups in total. The van der Waals surface area contributed by atoms with Gasteiger partial charge in [0.1, 0.15) is 12.4 Å². The van der Waals surface area contributed by atoms with E-state index in [4.69, 9.17) is 4.74 Å². The summed E-state index contributed by atoms with van der Waals surface area (Å²) in [5.41, 5.74) is 2.82. The van der Waals surface area contributed by atoms with E-state index in [1.54, 1.807) is 6.08 Å². The Morgan fingerprint density at radius 1 is 1.28 bits per heavy atom. The Morgan fingerprint density at radius 2 is 2.11 bits per heavy atom. The summed E-state index contributed by atoms with van der Waals surface area (Å²) < 4.78 is 5.50. The van der Waals surface area contributed by atoms with Gasteiger partial charge in [0.15, 0.2) is 0 Å². The van der Waals surface area contributed by atoms with E-state index in [9.17, 15) is 0 Å². The lowest BCUT2D eigenvalue weighted by Crippen LogP contribution is -2.31. The molecule has 0 aliphatic carbocycles. The topological polar surface area (TPSA) is 21.3 Å². The fraction of sp³-hybridized carbons (Fsp3) is 0.375. The summed E-state index contributed by atoms with van der Waals surface area (Å²) in [7, 11) is 0. The molecule has 2 heteroatoms. The highest BCUT2D eigenvalue weighted by atomic mass is 16.5. The Kier molecular flexibility index (Phi) is 3.20. The van der Waals surface area contributed by atoms with Crippen molar-refractivity contribution in [3.8, 4) is 5.75 Å². The molecule has 0 saturated carbocycles. The standard InChI is InChI=1S/C16H19NO/c1-2-9-18-16-7-3-12(4-8-16)13-10-14-5-6-15(11-13)17-14/h2-4,7-8,10,14-15,17H,1,5-6,9,11H2. The SMILES string of the molecule is C=CCOc1ccc(C2=CC3CCC(C2)N3)cc1. The highest BCUT2D eigenvalue weighted by molar-refractivity contribution is 5.68. The number of hydrogen-bond acceptors (Lipinski definition) is 2. The van der Waals surface area contributed by atoms with Crippen molar-refractivity contribution in [1.82, 2.24) is 5.32 Å². The molecule has 2 bridgehead atoms. The van der Waals surface area contributed by atoms with E-state index >= 15 is 0 Å². The van der Waals surface area contributed by atoms with Gasteiger partial charge in [0.05, 0.1) is 0 Å². The van der Waals surface area contributed by atoms with Crippen LogP contribution in [0.25, 0.3) is 5.57 Å². The smallest absolute Gasteiger partial charge is 0.119 e. The van der Waals surface area contributed by atoms with Crippen LogP contribution in [0.5, 0.6) is 5.75 Å². The van der Waals surface area contributed by atoms with Gasteiger partial charge in [-0.1, -0.05) is 30.9 Å². The van der Waals surface area contributed by atoms with Crippen LogP contribution in [0.3, 0.4) is 0 Å². The van der Waals surface area contributed by atoms with Crippen molar-refractivity contribution in [2.75, 3.05) is 6.61 Å². The molecule has 0 amide bonds. The molecule has 2 nitrogen and oxygen atoms in total. The third-order valence-corrected chi connectivity index (χ3v) is 3.74. The number of hydrogen-bond donors (Lipinski definition) is 1. The predicted octanol–water partition coefficient (Wildman–Crippen LogP) is 3.16. The van der Waals surface area contributed by atoms with Crippen LogP contribution in [0.15, 0.2) is 43.0 Å². The first-order chi connectivity index (χ1) is 8.85. The van der Waals surface area contributed by atoms with Gasteiger partial charge in [0.25, 0.3) is 0 Å². The normalized spacial score (nSPS) is 25.7. The van der Waals surface area contributed by atoms with Crippen LogP contribution in [-0.4, -0.2) is 18.7 Å². The summed E-state index contributed by atoms with van der Waals surface area (Å²) in [6.07, 6.45) is 7.91. The first-order valence-electron chi connectivity index (χ1n) is 6.66. The summed E-state index contributed by atoms with van der Waals surface area (Å²) in [6, 6.07) is 9.69. The number of rotatable bonds is 4. The summed E-state index contributed by atoms with van der Waals surface area (Å²) in [6.45, 7) is 4.21. The van der Waals surface area contributed by atoms with Gasteiger partial charge in [-0.2, -0.15) is 0 Å². The summed E-state index contributed by atoms with van der Waals surface area (Å²) in [5, 5.41) is 3.62. The molecule has 2 unspecified atom stereocenters. The van der Waals surface area contributed by atoms with Crippen molar-refractivity contribution >= 4 is 5.57 Å². The zero-order valence-corrected chi connectivity index (χ0v) is 10.6. The molecule has 1 aromatic carbocycles. The van der Waals surface area contributed by atoms with Gasteiger partial charge in [0, 0.05) is 12.1 Å². The second kappa shape index (κ2) is 4.99. The average Bonchev–Trinajstić information content (AvgIpc) is 2.76. The Balaban J connectivity index is 1.74. The molecule has 2 aliphatic heterocycles. The van der Waals surface area contributed by atoms with Crippen molar-refractivity contribution in [3.05, 3.63) is 48.6 Å². The molecule has 3 rings (SSSR count). The minimum atomic E-state index is 0.566. The van der Waals surface area contributed by atoms with E-state index in [1.807, 2.05) is 12.1 Å². The van der Waals surface area contributed by atoms with Gasteiger partial charge in [-0.15, -0.1) is 0 Å². The molecule has 0 aromatic heterocycles. The molecular formula is C16H19NO.